The predicted octanol–water partition coefficient (Wildman–Crippen LogP) is 5.25. The van der Waals surface area contributed by atoms with E-state index in [1.54, 1.807) is 4.90 Å². The largest absolute Gasteiger partial charge is 0.352 e. The highest BCUT2D eigenvalue weighted by Crippen LogP contribution is 2.21. The Balaban J connectivity index is 1.88. The Kier molecular flexibility index (Phi) is 8.50. The zero-order valence-electron chi connectivity index (χ0n) is 17.6. The Morgan fingerprint density at radius 2 is 1.77 bits per heavy atom. The fourth-order valence-corrected chi connectivity index (χ4v) is 4.56. The first-order chi connectivity index (χ1) is 14.6. The van der Waals surface area contributed by atoms with Crippen molar-refractivity contribution in [3.05, 3.63) is 70.2 Å². The molecule has 0 spiro atoms. The van der Waals surface area contributed by atoms with E-state index in [9.17, 15) is 9.59 Å². The van der Waals surface area contributed by atoms with Gasteiger partial charge < -0.3 is 10.2 Å². The second kappa shape index (κ2) is 11.3. The zero-order chi connectivity index (χ0) is 21.3. The van der Waals surface area contributed by atoms with E-state index >= 15 is 0 Å². The van der Waals surface area contributed by atoms with Gasteiger partial charge in [0.2, 0.25) is 11.8 Å². The highest BCUT2D eigenvalue weighted by molar-refractivity contribution is 9.10. The molecule has 0 aliphatic heterocycles. The molecule has 0 aromatic heterocycles. The summed E-state index contributed by atoms with van der Waals surface area (Å²) in [5, 5.41) is 3.23. The number of nitrogens with zero attached hydrogens (tertiary/aromatic N) is 1. The van der Waals surface area contributed by atoms with E-state index in [-0.39, 0.29) is 17.9 Å². The number of carbonyl (C=O) groups is 2. The van der Waals surface area contributed by atoms with Crippen LogP contribution in [0.3, 0.4) is 0 Å². The molecule has 5 heteroatoms. The number of carbonyl (C=O) groups excluding carboxylic acids is 2. The van der Waals surface area contributed by atoms with Crippen LogP contribution in [0.25, 0.3) is 0 Å². The lowest BCUT2D eigenvalue weighted by atomic mass is 10.0. The van der Waals surface area contributed by atoms with Crippen molar-refractivity contribution in [2.45, 2.75) is 70.5 Å². The van der Waals surface area contributed by atoms with E-state index in [0.29, 0.717) is 19.4 Å². The minimum atomic E-state index is -0.522. The molecule has 1 fully saturated rings. The van der Waals surface area contributed by atoms with Crippen LogP contribution in [-0.4, -0.2) is 28.8 Å². The third-order valence-corrected chi connectivity index (χ3v) is 6.17. The van der Waals surface area contributed by atoms with Gasteiger partial charge in [-0.3, -0.25) is 9.59 Å². The molecule has 30 heavy (non-hydrogen) atoms. The van der Waals surface area contributed by atoms with Crippen LogP contribution in [0.1, 0.15) is 56.6 Å². The van der Waals surface area contributed by atoms with Crippen molar-refractivity contribution in [2.24, 2.45) is 0 Å². The Labute approximate surface area is 188 Å². The molecule has 0 radical (unpaired) electrons. The summed E-state index contributed by atoms with van der Waals surface area (Å²) in [4.78, 5) is 28.3. The quantitative estimate of drug-likeness (QED) is 0.543. The van der Waals surface area contributed by atoms with Crippen LogP contribution in [0.5, 0.6) is 0 Å². The van der Waals surface area contributed by atoms with E-state index < -0.39 is 6.04 Å². The van der Waals surface area contributed by atoms with Crippen molar-refractivity contribution < 1.29 is 9.59 Å². The standard InChI is InChI=1S/C25H31BrN2O2/c1-2-9-24(29)28(18-20-12-8-13-21(26)16-20)23(17-19-10-4-3-5-11-19)25(30)27-22-14-6-7-15-22/h3-5,8,10-13,16,22-23H,2,6-7,9,14-15,17-18H2,1H3,(H,27,30)/t23-/m1/s1. The number of benzene rings is 2. The third kappa shape index (κ3) is 6.43. The zero-order valence-corrected chi connectivity index (χ0v) is 19.2. The number of amides is 2. The summed E-state index contributed by atoms with van der Waals surface area (Å²) in [5.41, 5.74) is 2.08. The smallest absolute Gasteiger partial charge is 0.243 e. The van der Waals surface area contributed by atoms with Crippen molar-refractivity contribution in [1.29, 1.82) is 0 Å². The molecular weight excluding hydrogens is 440 g/mol. The van der Waals surface area contributed by atoms with Gasteiger partial charge in [0.05, 0.1) is 0 Å². The normalized spacial score (nSPS) is 15.0. The van der Waals surface area contributed by atoms with E-state index in [4.69, 9.17) is 0 Å². The monoisotopic (exact) mass is 470 g/mol. The van der Waals surface area contributed by atoms with Crippen molar-refractivity contribution in [1.82, 2.24) is 10.2 Å². The molecule has 1 atom stereocenters. The Hall–Kier alpha value is -2.14. The highest BCUT2D eigenvalue weighted by Gasteiger charge is 2.31. The molecule has 1 saturated carbocycles. The van der Waals surface area contributed by atoms with Crippen LogP contribution in [0.4, 0.5) is 0 Å². The SMILES string of the molecule is CCCC(=O)N(Cc1cccc(Br)c1)[C@H](Cc1ccccc1)C(=O)NC1CCCC1. The van der Waals surface area contributed by atoms with Gasteiger partial charge in [0, 0.05) is 29.9 Å². The predicted molar refractivity (Wildman–Crippen MR) is 124 cm³/mol. The molecule has 0 saturated heterocycles. The van der Waals surface area contributed by atoms with Gasteiger partial charge in [0.25, 0.3) is 0 Å². The summed E-state index contributed by atoms with van der Waals surface area (Å²) in [5.74, 6) is -0.00909. The maximum Gasteiger partial charge on any atom is 0.243 e. The van der Waals surface area contributed by atoms with Gasteiger partial charge in [-0.2, -0.15) is 0 Å². The molecule has 4 nitrogen and oxygen atoms in total. The average molecular weight is 471 g/mol. The van der Waals surface area contributed by atoms with Gasteiger partial charge in [-0.05, 0) is 42.5 Å². The summed E-state index contributed by atoms with van der Waals surface area (Å²) >= 11 is 3.52. The first-order valence-corrected chi connectivity index (χ1v) is 11.7. The van der Waals surface area contributed by atoms with Gasteiger partial charge >= 0.3 is 0 Å². The minimum absolute atomic E-state index is 0.0278. The summed E-state index contributed by atoms with van der Waals surface area (Å²) in [6, 6.07) is 17.6. The Morgan fingerprint density at radius 1 is 1.07 bits per heavy atom. The van der Waals surface area contributed by atoms with Crippen LogP contribution in [0.2, 0.25) is 0 Å². The Bertz CT molecular complexity index is 834. The molecular formula is C25H31BrN2O2. The molecule has 2 aromatic rings. The summed E-state index contributed by atoms with van der Waals surface area (Å²) in [6.07, 6.45) is 6.08. The molecule has 2 aromatic carbocycles. The molecule has 1 aliphatic rings. The fourth-order valence-electron chi connectivity index (χ4n) is 4.11. The van der Waals surface area contributed by atoms with Gasteiger partial charge in [-0.25, -0.2) is 0 Å². The first kappa shape index (κ1) is 22.5. The van der Waals surface area contributed by atoms with Crippen LogP contribution >= 0.6 is 15.9 Å². The second-order valence-electron chi connectivity index (χ2n) is 8.10. The molecule has 0 unspecified atom stereocenters. The number of hydrogen-bond donors (Lipinski definition) is 1. The summed E-state index contributed by atoms with van der Waals surface area (Å²) < 4.78 is 0.970. The number of rotatable bonds is 9. The minimum Gasteiger partial charge on any atom is -0.352 e. The Morgan fingerprint density at radius 3 is 2.43 bits per heavy atom. The van der Waals surface area contributed by atoms with Crippen LogP contribution < -0.4 is 5.32 Å². The van der Waals surface area contributed by atoms with Gasteiger partial charge in [-0.1, -0.05) is 78.2 Å². The van der Waals surface area contributed by atoms with Gasteiger partial charge in [0.15, 0.2) is 0 Å². The maximum atomic E-state index is 13.4. The number of halogens is 1. The van der Waals surface area contributed by atoms with E-state index in [0.717, 1.165) is 47.7 Å². The molecule has 0 bridgehead atoms. The van der Waals surface area contributed by atoms with Crippen molar-refractivity contribution in [3.63, 3.8) is 0 Å². The number of hydrogen-bond acceptors (Lipinski definition) is 2. The van der Waals surface area contributed by atoms with Crippen molar-refractivity contribution in [2.75, 3.05) is 0 Å². The molecule has 1 aliphatic carbocycles. The average Bonchev–Trinajstić information content (AvgIpc) is 3.24. The summed E-state index contributed by atoms with van der Waals surface area (Å²) in [7, 11) is 0. The second-order valence-corrected chi connectivity index (χ2v) is 9.01. The number of nitrogens with one attached hydrogen (secondary N) is 1. The van der Waals surface area contributed by atoms with Crippen LogP contribution in [0.15, 0.2) is 59.1 Å². The molecule has 1 N–H and O–H groups in total. The van der Waals surface area contributed by atoms with Crippen molar-refractivity contribution in [3.8, 4) is 0 Å². The highest BCUT2D eigenvalue weighted by atomic mass is 79.9. The first-order valence-electron chi connectivity index (χ1n) is 10.9. The lowest BCUT2D eigenvalue weighted by Gasteiger charge is -2.32. The van der Waals surface area contributed by atoms with Gasteiger partial charge in [-0.15, -0.1) is 0 Å². The van der Waals surface area contributed by atoms with Gasteiger partial charge in [0.1, 0.15) is 6.04 Å². The molecule has 2 amide bonds. The molecule has 3 rings (SSSR count). The molecule has 0 heterocycles. The van der Waals surface area contributed by atoms with Crippen molar-refractivity contribution >= 4 is 27.7 Å². The lowest BCUT2D eigenvalue weighted by molar-refractivity contribution is -0.141. The fraction of sp³-hybridized carbons (Fsp3) is 0.440. The summed E-state index contributed by atoms with van der Waals surface area (Å²) in [6.45, 7) is 2.42. The topological polar surface area (TPSA) is 49.4 Å². The van der Waals surface area contributed by atoms with E-state index in [1.165, 1.54) is 0 Å². The third-order valence-electron chi connectivity index (χ3n) is 5.68. The molecule has 160 valence electrons. The van der Waals surface area contributed by atoms with E-state index in [1.807, 2.05) is 61.5 Å². The van der Waals surface area contributed by atoms with E-state index in [2.05, 4.69) is 21.2 Å². The van der Waals surface area contributed by atoms with Crippen LogP contribution in [0, 0.1) is 0 Å². The maximum absolute atomic E-state index is 13.4. The lowest BCUT2D eigenvalue weighted by Crippen LogP contribution is -2.52. The van der Waals surface area contributed by atoms with Crippen LogP contribution in [-0.2, 0) is 22.6 Å².